The van der Waals surface area contributed by atoms with Crippen LogP contribution in [0.5, 0.6) is 0 Å². The van der Waals surface area contributed by atoms with Crippen molar-refractivity contribution in [3.05, 3.63) is 0 Å². The number of rotatable bonds is 4. The molecule has 0 rings (SSSR count). The van der Waals surface area contributed by atoms with Gasteiger partial charge in [0, 0.05) is 0 Å². The summed E-state index contributed by atoms with van der Waals surface area (Å²) >= 11 is 0. The van der Waals surface area contributed by atoms with Crippen molar-refractivity contribution in [3.8, 4) is 0 Å². The van der Waals surface area contributed by atoms with Gasteiger partial charge in [-0.05, 0) is 25.2 Å². The molecule has 2 heteroatoms. The summed E-state index contributed by atoms with van der Waals surface area (Å²) in [6.45, 7) is 7.69. The van der Waals surface area contributed by atoms with Gasteiger partial charge in [-0.3, -0.25) is 0 Å². The molecule has 0 radical (unpaired) electrons. The first-order valence-corrected chi connectivity index (χ1v) is 4.31. The standard InChI is InChI=1S/C9H20O2/c1-6(2)9(11)5-7(3)8(4)10/h6-11H,5H2,1-4H3. The molecule has 0 spiro atoms. The molecule has 0 aliphatic rings. The van der Waals surface area contributed by atoms with Gasteiger partial charge in [-0.2, -0.15) is 0 Å². The monoisotopic (exact) mass is 160 g/mol. The van der Waals surface area contributed by atoms with Crippen LogP contribution in [-0.2, 0) is 0 Å². The normalized spacial score (nSPS) is 19.9. The van der Waals surface area contributed by atoms with Crippen LogP contribution < -0.4 is 0 Å². The van der Waals surface area contributed by atoms with E-state index in [0.717, 1.165) is 0 Å². The SMILES string of the molecule is CC(C)C(O)CC(C)C(C)O. The van der Waals surface area contributed by atoms with E-state index in [2.05, 4.69) is 0 Å². The van der Waals surface area contributed by atoms with Crippen molar-refractivity contribution in [1.29, 1.82) is 0 Å². The van der Waals surface area contributed by atoms with Crippen LogP contribution in [0, 0.1) is 11.8 Å². The minimum Gasteiger partial charge on any atom is -0.393 e. The van der Waals surface area contributed by atoms with Crippen molar-refractivity contribution in [3.63, 3.8) is 0 Å². The van der Waals surface area contributed by atoms with E-state index in [4.69, 9.17) is 5.11 Å². The molecule has 0 aromatic heterocycles. The Bertz CT molecular complexity index is 87.7. The zero-order valence-electron chi connectivity index (χ0n) is 7.91. The molecule has 0 saturated heterocycles. The second kappa shape index (κ2) is 4.73. The quantitative estimate of drug-likeness (QED) is 0.653. The molecule has 3 atom stereocenters. The molecule has 11 heavy (non-hydrogen) atoms. The predicted octanol–water partition coefficient (Wildman–Crippen LogP) is 1.41. The molecule has 0 aliphatic heterocycles. The Labute approximate surface area is 69.2 Å². The van der Waals surface area contributed by atoms with Crippen LogP contribution in [-0.4, -0.2) is 22.4 Å². The first kappa shape index (κ1) is 10.9. The smallest absolute Gasteiger partial charge is 0.0566 e. The Kier molecular flexibility index (Phi) is 4.69. The fourth-order valence-corrected chi connectivity index (χ4v) is 0.850. The minimum atomic E-state index is -0.316. The molecule has 0 heterocycles. The molecule has 0 aliphatic carbocycles. The third kappa shape index (κ3) is 4.38. The number of aliphatic hydroxyl groups is 2. The van der Waals surface area contributed by atoms with Crippen LogP contribution in [0.25, 0.3) is 0 Å². The molecular formula is C9H20O2. The Morgan fingerprint density at radius 1 is 1.00 bits per heavy atom. The number of hydrogen-bond donors (Lipinski definition) is 2. The lowest BCUT2D eigenvalue weighted by Gasteiger charge is -2.20. The van der Waals surface area contributed by atoms with Gasteiger partial charge < -0.3 is 10.2 Å². The molecule has 2 N–H and O–H groups in total. The van der Waals surface area contributed by atoms with Crippen molar-refractivity contribution in [2.75, 3.05) is 0 Å². The summed E-state index contributed by atoms with van der Waals surface area (Å²) in [5.41, 5.74) is 0. The van der Waals surface area contributed by atoms with E-state index in [9.17, 15) is 5.11 Å². The van der Waals surface area contributed by atoms with Gasteiger partial charge in [0.25, 0.3) is 0 Å². The summed E-state index contributed by atoms with van der Waals surface area (Å²) in [5.74, 6) is 0.476. The van der Waals surface area contributed by atoms with E-state index < -0.39 is 0 Å². The number of hydrogen-bond acceptors (Lipinski definition) is 2. The van der Waals surface area contributed by atoms with Gasteiger partial charge >= 0.3 is 0 Å². The Balaban J connectivity index is 3.66. The van der Waals surface area contributed by atoms with Gasteiger partial charge in [-0.25, -0.2) is 0 Å². The highest BCUT2D eigenvalue weighted by Gasteiger charge is 2.16. The summed E-state index contributed by atoms with van der Waals surface area (Å²) in [6.07, 6.45) is 0.0954. The van der Waals surface area contributed by atoms with E-state index in [1.54, 1.807) is 6.92 Å². The molecule has 0 saturated carbocycles. The zero-order chi connectivity index (χ0) is 9.02. The molecule has 2 nitrogen and oxygen atoms in total. The third-order valence-electron chi connectivity index (χ3n) is 2.21. The van der Waals surface area contributed by atoms with Gasteiger partial charge in [0.2, 0.25) is 0 Å². The Morgan fingerprint density at radius 2 is 1.45 bits per heavy atom. The Hall–Kier alpha value is -0.0800. The third-order valence-corrected chi connectivity index (χ3v) is 2.21. The highest BCUT2D eigenvalue weighted by atomic mass is 16.3. The van der Waals surface area contributed by atoms with Crippen molar-refractivity contribution >= 4 is 0 Å². The van der Waals surface area contributed by atoms with E-state index in [1.165, 1.54) is 0 Å². The minimum absolute atomic E-state index is 0.187. The lowest BCUT2D eigenvalue weighted by molar-refractivity contribution is 0.0572. The van der Waals surface area contributed by atoms with E-state index in [-0.39, 0.29) is 24.0 Å². The van der Waals surface area contributed by atoms with Gasteiger partial charge in [0.15, 0.2) is 0 Å². The molecule has 0 amide bonds. The maximum atomic E-state index is 9.43. The molecular weight excluding hydrogens is 140 g/mol. The van der Waals surface area contributed by atoms with Crippen LogP contribution in [0.3, 0.4) is 0 Å². The van der Waals surface area contributed by atoms with Crippen LogP contribution in [0.2, 0.25) is 0 Å². The fourth-order valence-electron chi connectivity index (χ4n) is 0.850. The van der Waals surface area contributed by atoms with E-state index >= 15 is 0 Å². The van der Waals surface area contributed by atoms with Crippen LogP contribution in [0.4, 0.5) is 0 Å². The van der Waals surface area contributed by atoms with Crippen LogP contribution >= 0.6 is 0 Å². The first-order valence-electron chi connectivity index (χ1n) is 4.31. The van der Waals surface area contributed by atoms with Gasteiger partial charge in [0.1, 0.15) is 0 Å². The molecule has 0 fully saturated rings. The fraction of sp³-hybridized carbons (Fsp3) is 1.00. The summed E-state index contributed by atoms with van der Waals surface area (Å²) in [7, 11) is 0. The van der Waals surface area contributed by atoms with Crippen LogP contribution in [0.15, 0.2) is 0 Å². The number of aliphatic hydroxyl groups excluding tert-OH is 2. The van der Waals surface area contributed by atoms with Gasteiger partial charge in [-0.1, -0.05) is 20.8 Å². The Morgan fingerprint density at radius 3 is 1.73 bits per heavy atom. The maximum Gasteiger partial charge on any atom is 0.0566 e. The zero-order valence-corrected chi connectivity index (χ0v) is 7.91. The largest absolute Gasteiger partial charge is 0.393 e. The predicted molar refractivity (Wildman–Crippen MR) is 46.3 cm³/mol. The van der Waals surface area contributed by atoms with Crippen molar-refractivity contribution in [2.24, 2.45) is 11.8 Å². The summed E-state index contributed by atoms with van der Waals surface area (Å²) in [5, 5.41) is 18.6. The first-order chi connectivity index (χ1) is 4.95. The highest BCUT2D eigenvalue weighted by molar-refractivity contribution is 4.67. The maximum absolute atomic E-state index is 9.43. The second-order valence-electron chi connectivity index (χ2n) is 3.76. The lowest BCUT2D eigenvalue weighted by atomic mass is 9.93. The molecule has 0 aromatic carbocycles. The van der Waals surface area contributed by atoms with Crippen molar-refractivity contribution in [2.45, 2.75) is 46.3 Å². The molecule has 0 aromatic rings. The van der Waals surface area contributed by atoms with Gasteiger partial charge in [-0.15, -0.1) is 0 Å². The van der Waals surface area contributed by atoms with Crippen molar-refractivity contribution < 1.29 is 10.2 Å². The highest BCUT2D eigenvalue weighted by Crippen LogP contribution is 2.15. The average molecular weight is 160 g/mol. The molecule has 0 bridgehead atoms. The molecule has 3 unspecified atom stereocenters. The topological polar surface area (TPSA) is 40.5 Å². The summed E-state index contributed by atoms with van der Waals surface area (Å²) in [4.78, 5) is 0. The summed E-state index contributed by atoms with van der Waals surface area (Å²) in [6, 6.07) is 0. The second-order valence-corrected chi connectivity index (χ2v) is 3.76. The van der Waals surface area contributed by atoms with Crippen LogP contribution in [0.1, 0.15) is 34.1 Å². The lowest BCUT2D eigenvalue weighted by Crippen LogP contribution is -2.23. The van der Waals surface area contributed by atoms with Crippen molar-refractivity contribution in [1.82, 2.24) is 0 Å². The molecule has 68 valence electrons. The van der Waals surface area contributed by atoms with Gasteiger partial charge in [0.05, 0.1) is 12.2 Å². The average Bonchev–Trinajstić information content (AvgIpc) is 1.87. The van der Waals surface area contributed by atoms with E-state index in [0.29, 0.717) is 6.42 Å². The van der Waals surface area contributed by atoms with E-state index in [1.807, 2.05) is 20.8 Å². The summed E-state index contributed by atoms with van der Waals surface area (Å²) < 4.78 is 0.